The highest BCUT2D eigenvalue weighted by molar-refractivity contribution is 5.84. The molecule has 0 amide bonds. The molecule has 0 atom stereocenters. The first-order valence-electron chi connectivity index (χ1n) is 3.58. The molecule has 0 radical (unpaired) electrons. The Balaban J connectivity index is 3.19. The van der Waals surface area contributed by atoms with E-state index in [1.54, 1.807) is 12.1 Å². The molecule has 2 N–H and O–H groups in total. The van der Waals surface area contributed by atoms with Crippen molar-refractivity contribution in [1.29, 1.82) is 0 Å². The van der Waals surface area contributed by atoms with Gasteiger partial charge in [0, 0.05) is 5.56 Å². The minimum atomic E-state index is 0.566. The summed E-state index contributed by atoms with van der Waals surface area (Å²) in [4.78, 5) is 14.4. The molecule has 0 saturated heterocycles. The van der Waals surface area contributed by atoms with Crippen molar-refractivity contribution in [1.82, 2.24) is 0 Å². The molecule has 0 aliphatic rings. The standard InChI is InChI=1S/C9H10N2O/c1-7-2-3-9(11-6-10)8(4-7)5-12/h2-6H,1H3,(H2,10,11). The van der Waals surface area contributed by atoms with Gasteiger partial charge < -0.3 is 5.73 Å². The Bertz CT molecular complexity index is 318. The van der Waals surface area contributed by atoms with E-state index < -0.39 is 0 Å². The zero-order valence-corrected chi connectivity index (χ0v) is 6.82. The minimum Gasteiger partial charge on any atom is -0.390 e. The molecular formula is C9H10N2O. The van der Waals surface area contributed by atoms with Crippen LogP contribution < -0.4 is 5.73 Å². The molecular weight excluding hydrogens is 152 g/mol. The number of rotatable bonds is 2. The van der Waals surface area contributed by atoms with Gasteiger partial charge in [0.15, 0.2) is 6.29 Å². The Morgan fingerprint density at radius 3 is 2.83 bits per heavy atom. The molecule has 1 aromatic carbocycles. The van der Waals surface area contributed by atoms with Crippen LogP contribution in [0.3, 0.4) is 0 Å². The van der Waals surface area contributed by atoms with Crippen molar-refractivity contribution in [2.24, 2.45) is 10.7 Å². The Morgan fingerprint density at radius 1 is 1.50 bits per heavy atom. The van der Waals surface area contributed by atoms with Gasteiger partial charge in [-0.1, -0.05) is 11.6 Å². The van der Waals surface area contributed by atoms with Gasteiger partial charge in [-0.05, 0) is 19.1 Å². The molecule has 1 rings (SSSR count). The highest BCUT2D eigenvalue weighted by Gasteiger charge is 1.98. The average Bonchev–Trinajstić information content (AvgIpc) is 2.08. The van der Waals surface area contributed by atoms with Gasteiger partial charge in [-0.25, -0.2) is 4.99 Å². The van der Waals surface area contributed by atoms with Crippen LogP contribution in [-0.2, 0) is 0 Å². The fraction of sp³-hybridized carbons (Fsp3) is 0.111. The summed E-state index contributed by atoms with van der Waals surface area (Å²) < 4.78 is 0. The first-order valence-corrected chi connectivity index (χ1v) is 3.58. The lowest BCUT2D eigenvalue weighted by atomic mass is 10.1. The molecule has 0 heterocycles. The summed E-state index contributed by atoms with van der Waals surface area (Å²) in [5, 5.41) is 0. The van der Waals surface area contributed by atoms with E-state index in [-0.39, 0.29) is 0 Å². The largest absolute Gasteiger partial charge is 0.390 e. The van der Waals surface area contributed by atoms with E-state index >= 15 is 0 Å². The number of benzene rings is 1. The fourth-order valence-electron chi connectivity index (χ4n) is 0.966. The third-order valence-corrected chi connectivity index (χ3v) is 1.52. The topological polar surface area (TPSA) is 55.4 Å². The second-order valence-corrected chi connectivity index (χ2v) is 2.46. The fourth-order valence-corrected chi connectivity index (χ4v) is 0.966. The van der Waals surface area contributed by atoms with Crippen LogP contribution in [0.15, 0.2) is 23.2 Å². The van der Waals surface area contributed by atoms with E-state index in [0.29, 0.717) is 11.3 Å². The quantitative estimate of drug-likeness (QED) is 0.406. The maximum absolute atomic E-state index is 10.5. The second-order valence-electron chi connectivity index (χ2n) is 2.46. The molecule has 0 aliphatic heterocycles. The first kappa shape index (κ1) is 8.46. The van der Waals surface area contributed by atoms with Crippen molar-refractivity contribution in [3.05, 3.63) is 29.3 Å². The lowest BCUT2D eigenvalue weighted by Gasteiger charge is -1.98. The number of carbonyl (C=O) groups is 1. The van der Waals surface area contributed by atoms with E-state index in [9.17, 15) is 4.79 Å². The Morgan fingerprint density at radius 2 is 2.25 bits per heavy atom. The Labute approximate surface area is 70.9 Å². The number of aryl methyl sites for hydroxylation is 1. The summed E-state index contributed by atoms with van der Waals surface area (Å²) in [7, 11) is 0. The van der Waals surface area contributed by atoms with Gasteiger partial charge in [0.1, 0.15) is 0 Å². The zero-order chi connectivity index (χ0) is 8.97. The zero-order valence-electron chi connectivity index (χ0n) is 6.82. The molecule has 3 nitrogen and oxygen atoms in total. The molecule has 0 aromatic heterocycles. The second kappa shape index (κ2) is 3.67. The molecule has 0 saturated carbocycles. The summed E-state index contributed by atoms with van der Waals surface area (Å²) >= 11 is 0. The van der Waals surface area contributed by atoms with Crippen molar-refractivity contribution < 1.29 is 4.79 Å². The van der Waals surface area contributed by atoms with E-state index in [2.05, 4.69) is 4.99 Å². The molecule has 0 bridgehead atoms. The van der Waals surface area contributed by atoms with E-state index in [4.69, 9.17) is 5.73 Å². The van der Waals surface area contributed by atoms with Crippen molar-refractivity contribution >= 4 is 18.3 Å². The van der Waals surface area contributed by atoms with Gasteiger partial charge in [-0.3, -0.25) is 4.79 Å². The maximum atomic E-state index is 10.5. The monoisotopic (exact) mass is 162 g/mol. The SMILES string of the molecule is Cc1ccc(N=CN)c(C=O)c1. The number of hydrogen-bond acceptors (Lipinski definition) is 2. The molecule has 0 aliphatic carbocycles. The molecule has 12 heavy (non-hydrogen) atoms. The average molecular weight is 162 g/mol. The molecule has 3 heteroatoms. The summed E-state index contributed by atoms with van der Waals surface area (Å²) in [6, 6.07) is 5.42. The lowest BCUT2D eigenvalue weighted by Crippen LogP contribution is -1.89. The van der Waals surface area contributed by atoms with Crippen LogP contribution >= 0.6 is 0 Å². The van der Waals surface area contributed by atoms with Gasteiger partial charge >= 0.3 is 0 Å². The minimum absolute atomic E-state index is 0.566. The van der Waals surface area contributed by atoms with Gasteiger partial charge in [0.25, 0.3) is 0 Å². The normalized spacial score (nSPS) is 10.4. The third kappa shape index (κ3) is 1.69. The summed E-state index contributed by atoms with van der Waals surface area (Å²) in [5.41, 5.74) is 7.33. The lowest BCUT2D eigenvalue weighted by molar-refractivity contribution is 0.112. The smallest absolute Gasteiger partial charge is 0.152 e. The van der Waals surface area contributed by atoms with Crippen LogP contribution in [0.5, 0.6) is 0 Å². The van der Waals surface area contributed by atoms with E-state index in [1.807, 2.05) is 13.0 Å². The van der Waals surface area contributed by atoms with Gasteiger partial charge in [-0.2, -0.15) is 0 Å². The molecule has 0 fully saturated rings. The predicted molar refractivity (Wildman–Crippen MR) is 48.9 cm³/mol. The van der Waals surface area contributed by atoms with Crippen LogP contribution in [-0.4, -0.2) is 12.6 Å². The third-order valence-electron chi connectivity index (χ3n) is 1.52. The highest BCUT2D eigenvalue weighted by Crippen LogP contribution is 2.17. The van der Waals surface area contributed by atoms with Gasteiger partial charge in [0.05, 0.1) is 12.0 Å². The Hall–Kier alpha value is -1.64. The number of nitrogens with two attached hydrogens (primary N) is 1. The van der Waals surface area contributed by atoms with Crippen molar-refractivity contribution in [2.45, 2.75) is 6.92 Å². The molecule has 0 spiro atoms. The van der Waals surface area contributed by atoms with Crippen LogP contribution in [0.4, 0.5) is 5.69 Å². The number of aliphatic imine (C=N–C) groups is 1. The first-order chi connectivity index (χ1) is 5.77. The van der Waals surface area contributed by atoms with Crippen molar-refractivity contribution in [3.8, 4) is 0 Å². The molecule has 0 unspecified atom stereocenters. The molecule has 1 aromatic rings. The number of aldehydes is 1. The van der Waals surface area contributed by atoms with Crippen molar-refractivity contribution in [3.63, 3.8) is 0 Å². The van der Waals surface area contributed by atoms with E-state index in [0.717, 1.165) is 11.8 Å². The van der Waals surface area contributed by atoms with E-state index in [1.165, 1.54) is 6.34 Å². The van der Waals surface area contributed by atoms with Crippen LogP contribution in [0.25, 0.3) is 0 Å². The highest BCUT2D eigenvalue weighted by atomic mass is 16.1. The van der Waals surface area contributed by atoms with Gasteiger partial charge in [0.2, 0.25) is 0 Å². The summed E-state index contributed by atoms with van der Waals surface area (Å²) in [6.45, 7) is 1.92. The van der Waals surface area contributed by atoms with Crippen LogP contribution in [0.2, 0.25) is 0 Å². The number of hydrogen-bond donors (Lipinski definition) is 1. The van der Waals surface area contributed by atoms with Crippen molar-refractivity contribution in [2.75, 3.05) is 0 Å². The predicted octanol–water partition coefficient (Wildman–Crippen LogP) is 1.43. The summed E-state index contributed by atoms with van der Waals surface area (Å²) in [5.74, 6) is 0. The molecule has 62 valence electrons. The van der Waals surface area contributed by atoms with Crippen LogP contribution in [0, 0.1) is 6.92 Å². The maximum Gasteiger partial charge on any atom is 0.152 e. The number of nitrogens with zero attached hydrogens (tertiary/aromatic N) is 1. The summed E-state index contributed by atoms with van der Waals surface area (Å²) in [6.07, 6.45) is 1.95. The van der Waals surface area contributed by atoms with Crippen LogP contribution in [0.1, 0.15) is 15.9 Å². The van der Waals surface area contributed by atoms with Gasteiger partial charge in [-0.15, -0.1) is 0 Å². The number of carbonyl (C=O) groups excluding carboxylic acids is 1. The Kier molecular flexibility index (Phi) is 2.58.